The SMILES string of the molecule is Cc1c(C(=O)N2CCC(n3cc4ccccc4n3)C2)nnn1CC1CCCC1. The van der Waals surface area contributed by atoms with Gasteiger partial charge in [0.25, 0.3) is 5.91 Å². The minimum absolute atomic E-state index is 0.00520. The summed E-state index contributed by atoms with van der Waals surface area (Å²) in [5.74, 6) is 0.669. The molecule has 1 saturated carbocycles. The van der Waals surface area contributed by atoms with Gasteiger partial charge in [-0.3, -0.25) is 9.48 Å². The molecule has 0 spiro atoms. The van der Waals surface area contributed by atoms with Crippen LogP contribution in [0.2, 0.25) is 0 Å². The summed E-state index contributed by atoms with van der Waals surface area (Å²) < 4.78 is 3.94. The molecule has 1 aromatic carbocycles. The van der Waals surface area contributed by atoms with Gasteiger partial charge in [-0.15, -0.1) is 5.10 Å². The summed E-state index contributed by atoms with van der Waals surface area (Å²) in [6.45, 7) is 4.25. The van der Waals surface area contributed by atoms with Gasteiger partial charge in [0.2, 0.25) is 0 Å². The molecule has 0 radical (unpaired) electrons. The zero-order chi connectivity index (χ0) is 19.1. The van der Waals surface area contributed by atoms with Crippen LogP contribution in [-0.4, -0.2) is 48.7 Å². The highest BCUT2D eigenvalue weighted by Crippen LogP contribution is 2.27. The lowest BCUT2D eigenvalue weighted by atomic mass is 10.1. The van der Waals surface area contributed by atoms with Crippen LogP contribution in [0.1, 0.15) is 54.3 Å². The van der Waals surface area contributed by atoms with Crippen LogP contribution < -0.4 is 0 Å². The molecule has 146 valence electrons. The summed E-state index contributed by atoms with van der Waals surface area (Å²) in [6.07, 6.45) is 8.12. The van der Waals surface area contributed by atoms with Crippen molar-refractivity contribution >= 4 is 16.8 Å². The van der Waals surface area contributed by atoms with E-state index in [-0.39, 0.29) is 11.9 Å². The van der Waals surface area contributed by atoms with Crippen molar-refractivity contribution in [1.29, 1.82) is 0 Å². The Labute approximate surface area is 164 Å². The molecule has 2 aliphatic rings. The molecule has 2 fully saturated rings. The zero-order valence-corrected chi connectivity index (χ0v) is 16.3. The molecule has 1 aliphatic carbocycles. The Bertz CT molecular complexity index is 966. The van der Waals surface area contributed by atoms with Gasteiger partial charge >= 0.3 is 0 Å². The first-order valence-corrected chi connectivity index (χ1v) is 10.3. The molecule has 1 aliphatic heterocycles. The van der Waals surface area contributed by atoms with Gasteiger partial charge in [0.15, 0.2) is 5.69 Å². The average Bonchev–Trinajstić information content (AvgIpc) is 3.49. The number of hydrogen-bond donors (Lipinski definition) is 0. The molecule has 5 rings (SSSR count). The largest absolute Gasteiger partial charge is 0.335 e. The maximum atomic E-state index is 13.0. The summed E-state index contributed by atoms with van der Waals surface area (Å²) >= 11 is 0. The Balaban J connectivity index is 1.29. The van der Waals surface area contributed by atoms with Crippen molar-refractivity contribution in [3.05, 3.63) is 41.9 Å². The molecule has 1 atom stereocenters. The lowest BCUT2D eigenvalue weighted by Crippen LogP contribution is -2.30. The maximum absolute atomic E-state index is 13.0. The van der Waals surface area contributed by atoms with Crippen LogP contribution in [0, 0.1) is 12.8 Å². The number of amides is 1. The molecule has 1 unspecified atom stereocenters. The lowest BCUT2D eigenvalue weighted by molar-refractivity contribution is 0.0780. The van der Waals surface area contributed by atoms with Gasteiger partial charge in [-0.25, -0.2) is 4.68 Å². The Kier molecular flexibility index (Phi) is 4.37. The Hall–Kier alpha value is -2.70. The number of hydrogen-bond acceptors (Lipinski definition) is 4. The highest BCUT2D eigenvalue weighted by atomic mass is 16.2. The van der Waals surface area contributed by atoms with Gasteiger partial charge in [0.1, 0.15) is 0 Å². The third-order valence-electron chi connectivity index (χ3n) is 6.35. The monoisotopic (exact) mass is 378 g/mol. The van der Waals surface area contributed by atoms with E-state index in [9.17, 15) is 4.79 Å². The van der Waals surface area contributed by atoms with Gasteiger partial charge in [-0.05, 0) is 38.2 Å². The number of aromatic nitrogens is 5. The maximum Gasteiger partial charge on any atom is 0.276 e. The molecule has 28 heavy (non-hydrogen) atoms. The van der Waals surface area contributed by atoms with E-state index < -0.39 is 0 Å². The van der Waals surface area contributed by atoms with E-state index in [4.69, 9.17) is 0 Å². The molecular weight excluding hydrogens is 352 g/mol. The standard InChI is InChI=1S/C21H26N6O/c1-15-20(22-24-26(15)12-16-6-2-3-7-16)21(28)25-11-10-18(14-25)27-13-17-8-4-5-9-19(17)23-27/h4-5,8-9,13,16,18H,2-3,6-7,10-12,14H2,1H3. The van der Waals surface area contributed by atoms with Crippen molar-refractivity contribution in [2.45, 2.75) is 51.6 Å². The van der Waals surface area contributed by atoms with Crippen LogP contribution >= 0.6 is 0 Å². The number of rotatable bonds is 4. The van der Waals surface area contributed by atoms with Crippen molar-refractivity contribution in [1.82, 2.24) is 29.7 Å². The van der Waals surface area contributed by atoms with Crippen LogP contribution in [0.5, 0.6) is 0 Å². The number of likely N-dealkylation sites (tertiary alicyclic amines) is 1. The molecule has 1 amide bonds. The summed E-state index contributed by atoms with van der Waals surface area (Å²) in [5, 5.41) is 14.3. The minimum Gasteiger partial charge on any atom is -0.335 e. The Morgan fingerprint density at radius 2 is 2.00 bits per heavy atom. The number of nitrogens with zero attached hydrogens (tertiary/aromatic N) is 6. The summed E-state index contributed by atoms with van der Waals surface area (Å²) in [4.78, 5) is 14.9. The number of carbonyl (C=O) groups is 1. The lowest BCUT2D eigenvalue weighted by Gasteiger charge is -2.16. The van der Waals surface area contributed by atoms with E-state index in [0.717, 1.165) is 36.1 Å². The van der Waals surface area contributed by atoms with E-state index in [1.807, 2.05) is 39.4 Å². The van der Waals surface area contributed by atoms with Crippen molar-refractivity contribution in [2.75, 3.05) is 13.1 Å². The summed E-state index contributed by atoms with van der Waals surface area (Å²) in [7, 11) is 0. The normalized spacial score (nSPS) is 20.5. The minimum atomic E-state index is -0.00520. The fourth-order valence-electron chi connectivity index (χ4n) is 4.63. The third kappa shape index (κ3) is 3.08. The fraction of sp³-hybridized carbons (Fsp3) is 0.524. The van der Waals surface area contributed by atoms with Crippen LogP contribution in [-0.2, 0) is 6.54 Å². The number of fused-ring (bicyclic) bond motifs is 1. The van der Waals surface area contributed by atoms with Crippen molar-refractivity contribution < 1.29 is 4.79 Å². The highest BCUT2D eigenvalue weighted by molar-refractivity contribution is 5.93. The zero-order valence-electron chi connectivity index (χ0n) is 16.3. The quantitative estimate of drug-likeness (QED) is 0.699. The van der Waals surface area contributed by atoms with E-state index >= 15 is 0 Å². The van der Waals surface area contributed by atoms with Gasteiger partial charge in [0.05, 0.1) is 17.3 Å². The van der Waals surface area contributed by atoms with E-state index in [1.165, 1.54) is 25.7 Å². The molecular formula is C21H26N6O. The van der Waals surface area contributed by atoms with Gasteiger partial charge < -0.3 is 4.90 Å². The van der Waals surface area contributed by atoms with Crippen molar-refractivity contribution in [3.8, 4) is 0 Å². The summed E-state index contributed by atoms with van der Waals surface area (Å²) in [5.41, 5.74) is 2.40. The number of benzene rings is 1. The predicted octanol–water partition coefficient (Wildman–Crippen LogP) is 3.21. The predicted molar refractivity (Wildman–Crippen MR) is 106 cm³/mol. The average molecular weight is 378 g/mol. The van der Waals surface area contributed by atoms with Crippen molar-refractivity contribution in [3.63, 3.8) is 0 Å². The Morgan fingerprint density at radius 1 is 1.18 bits per heavy atom. The van der Waals surface area contributed by atoms with Gasteiger partial charge in [-0.2, -0.15) is 5.10 Å². The molecule has 2 aromatic heterocycles. The molecule has 7 heteroatoms. The number of carbonyl (C=O) groups excluding carboxylic acids is 1. The van der Waals surface area contributed by atoms with Gasteiger partial charge in [0, 0.05) is 31.2 Å². The van der Waals surface area contributed by atoms with Crippen LogP contribution in [0.25, 0.3) is 10.9 Å². The smallest absolute Gasteiger partial charge is 0.276 e. The second kappa shape index (κ2) is 7.04. The van der Waals surface area contributed by atoms with Crippen LogP contribution in [0.3, 0.4) is 0 Å². The second-order valence-electron chi connectivity index (χ2n) is 8.22. The first-order valence-electron chi connectivity index (χ1n) is 10.3. The first kappa shape index (κ1) is 17.4. The van der Waals surface area contributed by atoms with Crippen LogP contribution in [0.4, 0.5) is 0 Å². The molecule has 7 nitrogen and oxygen atoms in total. The molecule has 1 saturated heterocycles. The van der Waals surface area contributed by atoms with Gasteiger partial charge in [-0.1, -0.05) is 36.3 Å². The molecule has 0 N–H and O–H groups in total. The third-order valence-corrected chi connectivity index (χ3v) is 6.35. The fourth-order valence-corrected chi connectivity index (χ4v) is 4.63. The van der Waals surface area contributed by atoms with Crippen LogP contribution in [0.15, 0.2) is 30.5 Å². The molecule has 3 heterocycles. The van der Waals surface area contributed by atoms with E-state index in [0.29, 0.717) is 18.2 Å². The van der Waals surface area contributed by atoms with Crippen molar-refractivity contribution in [2.24, 2.45) is 5.92 Å². The highest BCUT2D eigenvalue weighted by Gasteiger charge is 2.31. The topological polar surface area (TPSA) is 68.8 Å². The summed E-state index contributed by atoms with van der Waals surface area (Å²) in [6, 6.07) is 8.33. The second-order valence-corrected chi connectivity index (χ2v) is 8.22. The van der Waals surface area contributed by atoms with E-state index in [2.05, 4.69) is 27.7 Å². The van der Waals surface area contributed by atoms with E-state index in [1.54, 1.807) is 0 Å². The Morgan fingerprint density at radius 3 is 2.82 bits per heavy atom. The molecule has 0 bridgehead atoms. The first-order chi connectivity index (χ1) is 13.7. The molecule has 3 aromatic rings.